The Bertz CT molecular complexity index is 970. The van der Waals surface area contributed by atoms with Gasteiger partial charge in [0.2, 0.25) is 0 Å². The molecule has 0 aliphatic heterocycles. The molecule has 1 aromatic heterocycles. The Balaban J connectivity index is 2.11. The third-order valence-corrected chi connectivity index (χ3v) is 12.7. The van der Waals surface area contributed by atoms with Gasteiger partial charge in [0.15, 0.2) is 0 Å². The van der Waals surface area contributed by atoms with Crippen LogP contribution in [0.3, 0.4) is 0 Å². The van der Waals surface area contributed by atoms with Crippen LogP contribution in [0.5, 0.6) is 0 Å². The summed E-state index contributed by atoms with van der Waals surface area (Å²) in [6, 6.07) is 35.1. The van der Waals surface area contributed by atoms with Gasteiger partial charge in [-0.3, -0.25) is 0 Å². The van der Waals surface area contributed by atoms with Gasteiger partial charge in [0.25, 0.3) is 0 Å². The van der Waals surface area contributed by atoms with Crippen LogP contribution in [0.15, 0.2) is 109 Å². The van der Waals surface area contributed by atoms with Crippen LogP contribution in [-0.2, 0) is 6.16 Å². The van der Waals surface area contributed by atoms with Crippen molar-refractivity contribution in [3.63, 3.8) is 0 Å². The van der Waals surface area contributed by atoms with Crippen molar-refractivity contribution in [2.45, 2.75) is 6.16 Å². The summed E-state index contributed by atoms with van der Waals surface area (Å²) in [6.07, 6.45) is 2.31. The molecule has 0 bridgehead atoms. The van der Waals surface area contributed by atoms with Gasteiger partial charge in [0.1, 0.15) is 0 Å². The Morgan fingerprint density at radius 2 is 1.04 bits per heavy atom. The van der Waals surface area contributed by atoms with E-state index in [2.05, 4.69) is 77.8 Å². The van der Waals surface area contributed by atoms with Crippen LogP contribution in [0.1, 0.15) is 5.56 Å². The predicted molar refractivity (Wildman–Crippen MR) is 124 cm³/mol. The second-order valence-electron chi connectivity index (χ2n) is 6.80. The summed E-state index contributed by atoms with van der Waals surface area (Å²) in [7, 11) is 0. The molecule has 4 aromatic rings. The first-order valence-electron chi connectivity index (χ1n) is 9.12. The van der Waals surface area contributed by atoms with Crippen LogP contribution in [0.2, 0.25) is 5.15 Å². The molecule has 1 heterocycles. The Morgan fingerprint density at radius 3 is 1.43 bits per heavy atom. The predicted octanol–water partition coefficient (Wildman–Crippen LogP) is 5.92. The molecule has 3 aromatic carbocycles. The van der Waals surface area contributed by atoms with Gasteiger partial charge in [-0.1, -0.05) is 0 Å². The molecule has 4 heteroatoms. The van der Waals surface area contributed by atoms with E-state index in [1.165, 1.54) is 0 Å². The van der Waals surface area contributed by atoms with E-state index < -0.39 is 5.96 Å². The SMILES string of the molecule is Clc1ncccc1CP(Cl)(c1ccccc1)(c1ccccc1)c1ccccc1. The van der Waals surface area contributed by atoms with Crippen molar-refractivity contribution < 1.29 is 0 Å². The molecule has 0 radical (unpaired) electrons. The molecule has 0 saturated carbocycles. The number of hydrogen-bond acceptors (Lipinski definition) is 1. The molecule has 0 spiro atoms. The zero-order chi connectivity index (χ0) is 19.5. The van der Waals surface area contributed by atoms with E-state index in [-0.39, 0.29) is 0 Å². The van der Waals surface area contributed by atoms with Crippen LogP contribution >= 0.6 is 28.8 Å². The fourth-order valence-electron chi connectivity index (χ4n) is 3.79. The van der Waals surface area contributed by atoms with Crippen molar-refractivity contribution in [3.8, 4) is 0 Å². The van der Waals surface area contributed by atoms with E-state index in [0.29, 0.717) is 11.3 Å². The first-order valence-corrected chi connectivity index (χ1v) is 12.8. The molecule has 0 amide bonds. The topological polar surface area (TPSA) is 12.9 Å². The van der Waals surface area contributed by atoms with Gasteiger partial charge in [-0.25, -0.2) is 0 Å². The van der Waals surface area contributed by atoms with Crippen LogP contribution < -0.4 is 15.9 Å². The Labute approximate surface area is 175 Å². The van der Waals surface area contributed by atoms with E-state index >= 15 is 0 Å². The maximum atomic E-state index is 8.02. The van der Waals surface area contributed by atoms with Crippen molar-refractivity contribution in [2.24, 2.45) is 0 Å². The third kappa shape index (κ3) is 3.14. The fraction of sp³-hybridized carbons (Fsp3) is 0.0417. The minimum atomic E-state index is -3.36. The molecule has 4 rings (SSSR count). The number of benzene rings is 3. The molecule has 0 unspecified atom stereocenters. The Hall–Kier alpha value is -2.18. The molecule has 0 fully saturated rings. The van der Waals surface area contributed by atoms with Gasteiger partial charge < -0.3 is 0 Å². The normalized spacial score (nSPS) is 12.9. The van der Waals surface area contributed by atoms with E-state index in [4.69, 9.17) is 22.8 Å². The van der Waals surface area contributed by atoms with Gasteiger partial charge in [-0.15, -0.1) is 0 Å². The maximum absolute atomic E-state index is 8.02. The summed E-state index contributed by atoms with van der Waals surface area (Å²) >= 11 is 14.5. The van der Waals surface area contributed by atoms with Gasteiger partial charge in [0.05, 0.1) is 0 Å². The van der Waals surface area contributed by atoms with Gasteiger partial charge in [0, 0.05) is 0 Å². The molecule has 1 nitrogen and oxygen atoms in total. The number of aromatic nitrogens is 1. The Kier molecular flexibility index (Phi) is 5.25. The Morgan fingerprint density at radius 1 is 0.607 bits per heavy atom. The molecular weight excluding hydrogens is 404 g/mol. The molecule has 140 valence electrons. The minimum absolute atomic E-state index is 0.500. The number of pyridine rings is 1. The molecular formula is C24H20Cl2NP. The summed E-state index contributed by atoms with van der Waals surface area (Å²) in [5, 5.41) is 3.85. The second kappa shape index (κ2) is 7.68. The zero-order valence-corrected chi connectivity index (χ0v) is 17.7. The van der Waals surface area contributed by atoms with Crippen LogP contribution in [0, 0.1) is 0 Å². The summed E-state index contributed by atoms with van der Waals surface area (Å²) in [6.45, 7) is 0. The van der Waals surface area contributed by atoms with E-state index in [1.54, 1.807) is 6.20 Å². The quantitative estimate of drug-likeness (QED) is 0.286. The zero-order valence-electron chi connectivity index (χ0n) is 15.2. The number of hydrogen-bond donors (Lipinski definition) is 0. The van der Waals surface area contributed by atoms with Crippen molar-refractivity contribution >= 4 is 44.7 Å². The number of halogens is 2. The van der Waals surface area contributed by atoms with Gasteiger partial charge >= 0.3 is 176 Å². The van der Waals surface area contributed by atoms with Crippen molar-refractivity contribution in [3.05, 3.63) is 120 Å². The van der Waals surface area contributed by atoms with Crippen LogP contribution in [0.4, 0.5) is 0 Å². The average Bonchev–Trinajstić information content (AvgIpc) is 2.77. The van der Waals surface area contributed by atoms with Gasteiger partial charge in [-0.2, -0.15) is 0 Å². The molecule has 0 aliphatic carbocycles. The first-order chi connectivity index (χ1) is 13.6. The number of nitrogens with zero attached hydrogens (tertiary/aromatic N) is 1. The standard InChI is InChI=1S/C24H20Cl2NP/c25-24-20(11-10-18-27-24)19-28(26,21-12-4-1-5-13-21,22-14-6-2-7-15-22)23-16-8-3-9-17-23/h1-18H,19H2. The second-order valence-corrected chi connectivity index (χ2v) is 13.6. The number of rotatable bonds is 5. The monoisotopic (exact) mass is 423 g/mol. The van der Waals surface area contributed by atoms with E-state index in [9.17, 15) is 0 Å². The molecule has 0 N–H and O–H groups in total. The van der Waals surface area contributed by atoms with Gasteiger partial charge in [-0.05, 0) is 0 Å². The summed E-state index contributed by atoms with van der Waals surface area (Å²) in [5.74, 6) is -3.36. The summed E-state index contributed by atoms with van der Waals surface area (Å²) in [5.41, 5.74) is 0.952. The molecule has 28 heavy (non-hydrogen) atoms. The molecule has 0 atom stereocenters. The van der Waals surface area contributed by atoms with Crippen LogP contribution in [0.25, 0.3) is 0 Å². The molecule has 0 aliphatic rings. The van der Waals surface area contributed by atoms with E-state index in [1.807, 2.05) is 30.3 Å². The third-order valence-electron chi connectivity index (χ3n) is 5.19. The fourth-order valence-corrected chi connectivity index (χ4v) is 10.2. The van der Waals surface area contributed by atoms with E-state index in [0.717, 1.165) is 21.5 Å². The summed E-state index contributed by atoms with van der Waals surface area (Å²) < 4.78 is 0. The van der Waals surface area contributed by atoms with Crippen molar-refractivity contribution in [1.29, 1.82) is 0 Å². The first kappa shape index (κ1) is 19.2. The molecule has 0 saturated heterocycles. The average molecular weight is 424 g/mol. The van der Waals surface area contributed by atoms with Crippen LogP contribution in [-0.4, -0.2) is 4.98 Å². The summed E-state index contributed by atoms with van der Waals surface area (Å²) in [4.78, 5) is 4.30. The van der Waals surface area contributed by atoms with Crippen molar-refractivity contribution in [2.75, 3.05) is 0 Å². The van der Waals surface area contributed by atoms with Crippen molar-refractivity contribution in [1.82, 2.24) is 4.98 Å².